The molecule has 0 atom stereocenters. The summed E-state index contributed by atoms with van der Waals surface area (Å²) >= 11 is 0. The molecule has 3 aromatic carbocycles. The van der Waals surface area contributed by atoms with E-state index in [1.54, 1.807) is 36.4 Å². The number of carbonyl (C=O) groups excluding carboxylic acids is 1. The van der Waals surface area contributed by atoms with Crippen molar-refractivity contribution in [1.82, 2.24) is 10.0 Å². The fourth-order valence-corrected chi connectivity index (χ4v) is 3.86. The normalized spacial score (nSPS) is 11.2. The van der Waals surface area contributed by atoms with Crippen LogP contribution in [0.4, 0.5) is 0 Å². The third kappa shape index (κ3) is 5.53. The third-order valence-corrected chi connectivity index (χ3v) is 5.91. The molecule has 0 spiro atoms. The number of sulfonamides is 1. The topological polar surface area (TPSA) is 75.3 Å². The second-order valence-corrected chi connectivity index (χ2v) is 8.43. The predicted molar refractivity (Wildman–Crippen MR) is 115 cm³/mol. The van der Waals surface area contributed by atoms with Gasteiger partial charge in [0, 0.05) is 18.7 Å². The largest absolute Gasteiger partial charge is 0.352 e. The van der Waals surface area contributed by atoms with Crippen LogP contribution in [0.5, 0.6) is 0 Å². The number of rotatable bonds is 8. The summed E-state index contributed by atoms with van der Waals surface area (Å²) in [5.41, 5.74) is 3.30. The first-order valence-electron chi connectivity index (χ1n) is 9.52. The molecule has 1 amide bonds. The number of nitrogens with one attached hydrogen (secondary N) is 2. The molecule has 2 N–H and O–H groups in total. The second kappa shape index (κ2) is 9.49. The summed E-state index contributed by atoms with van der Waals surface area (Å²) in [6.07, 6.45) is 0.888. The molecule has 0 bridgehead atoms. The lowest BCUT2D eigenvalue weighted by Gasteiger charge is -2.09. The molecule has 3 aromatic rings. The van der Waals surface area contributed by atoms with Gasteiger partial charge >= 0.3 is 0 Å². The van der Waals surface area contributed by atoms with Crippen molar-refractivity contribution in [1.29, 1.82) is 0 Å². The van der Waals surface area contributed by atoms with Gasteiger partial charge in [-0.1, -0.05) is 61.5 Å². The zero-order chi connectivity index (χ0) is 20.7. The summed E-state index contributed by atoms with van der Waals surface area (Å²) in [7, 11) is -3.59. The highest BCUT2D eigenvalue weighted by molar-refractivity contribution is 7.89. The van der Waals surface area contributed by atoms with E-state index in [1.165, 1.54) is 0 Å². The highest BCUT2D eigenvalue weighted by Crippen LogP contribution is 2.22. The first kappa shape index (κ1) is 20.8. The predicted octanol–water partition coefficient (Wildman–Crippen LogP) is 3.97. The minimum absolute atomic E-state index is 0.0932. The van der Waals surface area contributed by atoms with Crippen LogP contribution in [0.15, 0.2) is 83.8 Å². The number of carbonyl (C=O) groups is 1. The first-order valence-corrected chi connectivity index (χ1v) is 11.0. The quantitative estimate of drug-likeness (QED) is 0.592. The minimum atomic E-state index is -3.59. The first-order chi connectivity index (χ1) is 14.0. The lowest BCUT2D eigenvalue weighted by atomic mass is 10.0. The zero-order valence-electron chi connectivity index (χ0n) is 16.3. The van der Waals surface area contributed by atoms with Crippen LogP contribution in [0.1, 0.15) is 29.3 Å². The average Bonchev–Trinajstić information content (AvgIpc) is 2.77. The standard InChI is InChI=1S/C23H24N2O3S/c1-2-16-24-23(26)21-10-8-19(9-11-21)20-12-14-22(15-13-20)29(27,28)25-17-18-6-4-3-5-7-18/h3-15,25H,2,16-17H2,1H3,(H,24,26). The molecule has 0 aliphatic heterocycles. The third-order valence-electron chi connectivity index (χ3n) is 4.49. The van der Waals surface area contributed by atoms with E-state index in [-0.39, 0.29) is 17.3 Å². The number of hydrogen-bond donors (Lipinski definition) is 2. The van der Waals surface area contributed by atoms with Gasteiger partial charge in [-0.25, -0.2) is 13.1 Å². The van der Waals surface area contributed by atoms with Crippen LogP contribution in [0.2, 0.25) is 0 Å². The Morgan fingerprint density at radius 1 is 0.828 bits per heavy atom. The maximum absolute atomic E-state index is 12.5. The summed E-state index contributed by atoms with van der Waals surface area (Å²) in [6.45, 7) is 2.89. The van der Waals surface area contributed by atoms with Crippen molar-refractivity contribution in [2.45, 2.75) is 24.8 Å². The van der Waals surface area contributed by atoms with E-state index in [9.17, 15) is 13.2 Å². The zero-order valence-corrected chi connectivity index (χ0v) is 17.1. The molecule has 29 heavy (non-hydrogen) atoms. The van der Waals surface area contributed by atoms with Crippen LogP contribution in [-0.2, 0) is 16.6 Å². The van der Waals surface area contributed by atoms with E-state index in [2.05, 4.69) is 10.0 Å². The Bertz CT molecular complexity index is 1050. The van der Waals surface area contributed by atoms with E-state index in [0.29, 0.717) is 12.1 Å². The van der Waals surface area contributed by atoms with Gasteiger partial charge in [-0.15, -0.1) is 0 Å². The van der Waals surface area contributed by atoms with Crippen molar-refractivity contribution in [2.75, 3.05) is 6.54 Å². The van der Waals surface area contributed by atoms with Crippen LogP contribution in [0.3, 0.4) is 0 Å². The lowest BCUT2D eigenvalue weighted by molar-refractivity contribution is 0.0953. The summed E-state index contributed by atoms with van der Waals surface area (Å²) in [4.78, 5) is 12.2. The fraction of sp³-hybridized carbons (Fsp3) is 0.174. The average molecular weight is 409 g/mol. The van der Waals surface area contributed by atoms with E-state index in [0.717, 1.165) is 23.1 Å². The molecule has 3 rings (SSSR count). The Kier molecular flexibility index (Phi) is 6.80. The van der Waals surface area contributed by atoms with Gasteiger partial charge in [-0.3, -0.25) is 4.79 Å². The molecule has 0 saturated carbocycles. The monoisotopic (exact) mass is 408 g/mol. The summed E-state index contributed by atoms with van der Waals surface area (Å²) in [5.74, 6) is -0.0932. The fourth-order valence-electron chi connectivity index (χ4n) is 2.84. The summed E-state index contributed by atoms with van der Waals surface area (Å²) in [6, 6.07) is 23.3. The van der Waals surface area contributed by atoms with Crippen LogP contribution < -0.4 is 10.0 Å². The highest BCUT2D eigenvalue weighted by atomic mass is 32.2. The van der Waals surface area contributed by atoms with Crippen molar-refractivity contribution in [2.24, 2.45) is 0 Å². The Morgan fingerprint density at radius 3 is 2.00 bits per heavy atom. The molecule has 6 heteroatoms. The smallest absolute Gasteiger partial charge is 0.251 e. The van der Waals surface area contributed by atoms with Crippen LogP contribution >= 0.6 is 0 Å². The molecule has 0 aromatic heterocycles. The molecule has 0 fully saturated rings. The van der Waals surface area contributed by atoms with E-state index in [4.69, 9.17) is 0 Å². The molecular weight excluding hydrogens is 384 g/mol. The molecule has 5 nitrogen and oxygen atoms in total. The maximum Gasteiger partial charge on any atom is 0.251 e. The molecule has 0 radical (unpaired) electrons. The Hall–Kier alpha value is -2.96. The van der Waals surface area contributed by atoms with Gasteiger partial charge in [0.25, 0.3) is 5.91 Å². The van der Waals surface area contributed by atoms with Gasteiger partial charge in [0.15, 0.2) is 0 Å². The molecule has 150 valence electrons. The molecular formula is C23H24N2O3S. The number of hydrogen-bond acceptors (Lipinski definition) is 3. The van der Waals surface area contributed by atoms with Gasteiger partial charge in [0.05, 0.1) is 4.90 Å². The van der Waals surface area contributed by atoms with E-state index < -0.39 is 10.0 Å². The highest BCUT2D eigenvalue weighted by Gasteiger charge is 2.14. The molecule has 0 saturated heterocycles. The van der Waals surface area contributed by atoms with Crippen LogP contribution in [-0.4, -0.2) is 20.9 Å². The van der Waals surface area contributed by atoms with Crippen molar-refractivity contribution < 1.29 is 13.2 Å². The number of amides is 1. The molecule has 0 unspecified atom stereocenters. The van der Waals surface area contributed by atoms with Gasteiger partial charge in [0.2, 0.25) is 10.0 Å². The van der Waals surface area contributed by atoms with Crippen molar-refractivity contribution >= 4 is 15.9 Å². The maximum atomic E-state index is 12.5. The second-order valence-electron chi connectivity index (χ2n) is 6.67. The summed E-state index contributed by atoms with van der Waals surface area (Å²) < 4.78 is 27.6. The van der Waals surface area contributed by atoms with Crippen molar-refractivity contribution in [3.05, 3.63) is 90.0 Å². The summed E-state index contributed by atoms with van der Waals surface area (Å²) in [5, 5.41) is 2.84. The van der Waals surface area contributed by atoms with Gasteiger partial charge in [-0.05, 0) is 47.4 Å². The lowest BCUT2D eigenvalue weighted by Crippen LogP contribution is -2.23. The molecule has 0 aliphatic rings. The number of benzene rings is 3. The van der Waals surface area contributed by atoms with E-state index >= 15 is 0 Å². The van der Waals surface area contributed by atoms with Gasteiger partial charge in [0.1, 0.15) is 0 Å². The SMILES string of the molecule is CCCNC(=O)c1ccc(-c2ccc(S(=O)(=O)NCc3ccccc3)cc2)cc1. The molecule has 0 heterocycles. The van der Waals surface area contributed by atoms with E-state index in [1.807, 2.05) is 49.4 Å². The van der Waals surface area contributed by atoms with Crippen molar-refractivity contribution in [3.8, 4) is 11.1 Å². The van der Waals surface area contributed by atoms with Crippen LogP contribution in [0, 0.1) is 0 Å². The van der Waals surface area contributed by atoms with Gasteiger partial charge in [-0.2, -0.15) is 0 Å². The van der Waals surface area contributed by atoms with Gasteiger partial charge < -0.3 is 5.32 Å². The molecule has 0 aliphatic carbocycles. The minimum Gasteiger partial charge on any atom is -0.352 e. The van der Waals surface area contributed by atoms with Crippen LogP contribution in [0.25, 0.3) is 11.1 Å². The van der Waals surface area contributed by atoms with Crippen molar-refractivity contribution in [3.63, 3.8) is 0 Å². The Morgan fingerprint density at radius 2 is 1.41 bits per heavy atom. The Balaban J connectivity index is 1.68. The Labute approximate surface area is 171 Å².